The zero-order chi connectivity index (χ0) is 12.3. The second-order valence-corrected chi connectivity index (χ2v) is 4.33. The fraction of sp³-hybridized carbons (Fsp3) is 0.667. The van der Waals surface area contributed by atoms with Crippen molar-refractivity contribution in [2.75, 3.05) is 13.2 Å². The molecule has 1 N–H and O–H groups in total. The second kappa shape index (κ2) is 5.31. The van der Waals surface area contributed by atoms with Crippen molar-refractivity contribution in [2.45, 2.75) is 39.3 Å². The Morgan fingerprint density at radius 1 is 1.71 bits per heavy atom. The van der Waals surface area contributed by atoms with E-state index in [-0.39, 0.29) is 12.0 Å². The number of carbonyl (C=O) groups excluding carboxylic acids is 1. The summed E-state index contributed by atoms with van der Waals surface area (Å²) >= 11 is 0. The number of rotatable bonds is 4. The summed E-state index contributed by atoms with van der Waals surface area (Å²) in [5.74, 6) is -0.115. The molecule has 0 aliphatic carbocycles. The highest BCUT2D eigenvalue weighted by Crippen LogP contribution is 2.11. The van der Waals surface area contributed by atoms with Crippen molar-refractivity contribution in [1.29, 1.82) is 0 Å². The number of hydrogen-bond acceptors (Lipinski definition) is 3. The Labute approximate surface area is 101 Å². The van der Waals surface area contributed by atoms with Crippen LogP contribution in [0, 0.1) is 6.92 Å². The number of nitrogens with zero attached hydrogens (tertiary/aromatic N) is 2. The van der Waals surface area contributed by atoms with Crippen LogP contribution < -0.4 is 5.32 Å². The summed E-state index contributed by atoms with van der Waals surface area (Å²) < 4.78 is 7.27. The summed E-state index contributed by atoms with van der Waals surface area (Å²) in [5, 5.41) is 7.10. The minimum Gasteiger partial charge on any atom is -0.376 e. The van der Waals surface area contributed by atoms with Crippen LogP contribution >= 0.6 is 0 Å². The maximum atomic E-state index is 11.8. The predicted octanol–water partition coefficient (Wildman–Crippen LogP) is 1.12. The molecule has 1 fully saturated rings. The van der Waals surface area contributed by atoms with Crippen molar-refractivity contribution >= 4 is 5.91 Å². The van der Waals surface area contributed by atoms with E-state index < -0.39 is 0 Å². The Hall–Kier alpha value is -1.36. The lowest BCUT2D eigenvalue weighted by Gasteiger charge is -2.09. The first-order valence-corrected chi connectivity index (χ1v) is 6.15. The molecule has 1 aliphatic rings. The van der Waals surface area contributed by atoms with Crippen LogP contribution in [0.3, 0.4) is 0 Å². The van der Waals surface area contributed by atoms with E-state index in [0.717, 1.165) is 31.7 Å². The minimum absolute atomic E-state index is 0.115. The number of nitrogens with one attached hydrogen (secondary N) is 1. The molecule has 1 aliphatic heterocycles. The zero-order valence-corrected chi connectivity index (χ0v) is 10.4. The Morgan fingerprint density at radius 3 is 3.12 bits per heavy atom. The molecule has 0 bridgehead atoms. The standard InChI is InChI=1S/C12H19N3O2/c1-3-15-9(2)7-11(14-15)12(16)13-8-10-5-4-6-17-10/h7,10H,3-6,8H2,1-2H3,(H,13,16). The topological polar surface area (TPSA) is 56.2 Å². The molecule has 2 rings (SSSR count). The highest BCUT2D eigenvalue weighted by Gasteiger charge is 2.18. The third-order valence-electron chi connectivity index (χ3n) is 3.03. The first-order valence-electron chi connectivity index (χ1n) is 6.15. The Kier molecular flexibility index (Phi) is 3.78. The van der Waals surface area contributed by atoms with Gasteiger partial charge < -0.3 is 10.1 Å². The number of ether oxygens (including phenoxy) is 1. The van der Waals surface area contributed by atoms with Gasteiger partial charge in [0.2, 0.25) is 0 Å². The number of aryl methyl sites for hydroxylation is 2. The normalized spacial score (nSPS) is 19.5. The van der Waals surface area contributed by atoms with Crippen LogP contribution in [0.5, 0.6) is 0 Å². The number of aromatic nitrogens is 2. The molecule has 0 radical (unpaired) electrons. The monoisotopic (exact) mass is 237 g/mol. The van der Waals surface area contributed by atoms with Crippen LogP contribution in [0.15, 0.2) is 6.07 Å². The summed E-state index contributed by atoms with van der Waals surface area (Å²) in [4.78, 5) is 11.8. The quantitative estimate of drug-likeness (QED) is 0.853. The Balaban J connectivity index is 1.89. The van der Waals surface area contributed by atoms with Gasteiger partial charge in [0.15, 0.2) is 0 Å². The van der Waals surface area contributed by atoms with Crippen molar-refractivity contribution in [1.82, 2.24) is 15.1 Å². The molecule has 0 saturated carbocycles. The largest absolute Gasteiger partial charge is 0.376 e. The van der Waals surface area contributed by atoms with Crippen LogP contribution in [0.4, 0.5) is 0 Å². The lowest BCUT2D eigenvalue weighted by molar-refractivity contribution is 0.0853. The van der Waals surface area contributed by atoms with E-state index in [1.807, 2.05) is 24.6 Å². The van der Waals surface area contributed by atoms with Crippen molar-refractivity contribution in [3.05, 3.63) is 17.5 Å². The average molecular weight is 237 g/mol. The van der Waals surface area contributed by atoms with Crippen molar-refractivity contribution in [2.24, 2.45) is 0 Å². The maximum Gasteiger partial charge on any atom is 0.271 e. The summed E-state index contributed by atoms with van der Waals surface area (Å²) in [6, 6.07) is 1.81. The molecule has 5 heteroatoms. The summed E-state index contributed by atoms with van der Waals surface area (Å²) in [5.41, 5.74) is 1.50. The number of hydrogen-bond donors (Lipinski definition) is 1. The van der Waals surface area contributed by atoms with Gasteiger partial charge in [0, 0.05) is 25.4 Å². The van der Waals surface area contributed by atoms with Crippen LogP contribution in [0.25, 0.3) is 0 Å². The molecule has 1 unspecified atom stereocenters. The molecule has 1 saturated heterocycles. The van der Waals surface area contributed by atoms with Gasteiger partial charge in [-0.15, -0.1) is 0 Å². The van der Waals surface area contributed by atoms with E-state index in [1.165, 1.54) is 0 Å². The highest BCUT2D eigenvalue weighted by molar-refractivity contribution is 5.92. The van der Waals surface area contributed by atoms with E-state index in [9.17, 15) is 4.79 Å². The summed E-state index contributed by atoms with van der Waals surface area (Å²) in [7, 11) is 0. The molecular formula is C12H19N3O2. The molecular weight excluding hydrogens is 218 g/mol. The molecule has 1 atom stereocenters. The van der Waals surface area contributed by atoms with Gasteiger partial charge in [0.1, 0.15) is 5.69 Å². The molecule has 1 aromatic rings. The van der Waals surface area contributed by atoms with Gasteiger partial charge in [0.25, 0.3) is 5.91 Å². The van der Waals surface area contributed by atoms with Gasteiger partial charge in [-0.3, -0.25) is 9.48 Å². The average Bonchev–Trinajstić information content (AvgIpc) is 2.94. The van der Waals surface area contributed by atoms with Gasteiger partial charge in [-0.05, 0) is 32.8 Å². The lowest BCUT2D eigenvalue weighted by Crippen LogP contribution is -2.32. The molecule has 5 nitrogen and oxygen atoms in total. The van der Waals surface area contributed by atoms with Gasteiger partial charge in [-0.2, -0.15) is 5.10 Å². The lowest BCUT2D eigenvalue weighted by atomic mass is 10.2. The first kappa shape index (κ1) is 12.1. The van der Waals surface area contributed by atoms with Crippen LogP contribution in [0.1, 0.15) is 35.9 Å². The van der Waals surface area contributed by atoms with Crippen LogP contribution in [-0.4, -0.2) is 34.9 Å². The van der Waals surface area contributed by atoms with Crippen LogP contribution in [0.2, 0.25) is 0 Å². The predicted molar refractivity (Wildman–Crippen MR) is 63.9 cm³/mol. The van der Waals surface area contributed by atoms with Gasteiger partial charge in [-0.25, -0.2) is 0 Å². The minimum atomic E-state index is -0.115. The third-order valence-corrected chi connectivity index (χ3v) is 3.03. The van der Waals surface area contributed by atoms with Gasteiger partial charge >= 0.3 is 0 Å². The van der Waals surface area contributed by atoms with Crippen molar-refractivity contribution in [3.63, 3.8) is 0 Å². The number of carbonyl (C=O) groups is 1. The Bertz CT molecular complexity index is 394. The van der Waals surface area contributed by atoms with E-state index in [1.54, 1.807) is 0 Å². The second-order valence-electron chi connectivity index (χ2n) is 4.33. The van der Waals surface area contributed by atoms with E-state index in [2.05, 4.69) is 10.4 Å². The third kappa shape index (κ3) is 2.85. The Morgan fingerprint density at radius 2 is 2.53 bits per heavy atom. The molecule has 94 valence electrons. The van der Waals surface area contributed by atoms with Gasteiger partial charge in [0.05, 0.1) is 6.10 Å². The SMILES string of the molecule is CCn1nc(C(=O)NCC2CCCO2)cc1C. The van der Waals surface area contributed by atoms with E-state index >= 15 is 0 Å². The van der Waals surface area contributed by atoms with E-state index in [0.29, 0.717) is 12.2 Å². The molecule has 0 aromatic carbocycles. The number of amides is 1. The zero-order valence-electron chi connectivity index (χ0n) is 10.4. The molecule has 1 amide bonds. The summed E-state index contributed by atoms with van der Waals surface area (Å²) in [6.07, 6.45) is 2.29. The van der Waals surface area contributed by atoms with Gasteiger partial charge in [-0.1, -0.05) is 0 Å². The van der Waals surface area contributed by atoms with Crippen molar-refractivity contribution in [3.8, 4) is 0 Å². The molecule has 17 heavy (non-hydrogen) atoms. The first-order chi connectivity index (χ1) is 8.20. The smallest absolute Gasteiger partial charge is 0.271 e. The fourth-order valence-electron chi connectivity index (χ4n) is 2.04. The molecule has 1 aromatic heterocycles. The highest BCUT2D eigenvalue weighted by atomic mass is 16.5. The summed E-state index contributed by atoms with van der Waals surface area (Å²) in [6.45, 7) is 6.13. The molecule has 2 heterocycles. The maximum absolute atomic E-state index is 11.8. The van der Waals surface area contributed by atoms with E-state index in [4.69, 9.17) is 4.74 Å². The molecule has 0 spiro atoms. The van der Waals surface area contributed by atoms with Crippen LogP contribution in [-0.2, 0) is 11.3 Å². The fourth-order valence-corrected chi connectivity index (χ4v) is 2.04. The van der Waals surface area contributed by atoms with Crippen molar-refractivity contribution < 1.29 is 9.53 Å².